The van der Waals surface area contributed by atoms with Crippen molar-refractivity contribution >= 4 is 11.6 Å². The van der Waals surface area contributed by atoms with Crippen LogP contribution >= 0.6 is 0 Å². The molecule has 2 aromatic rings. The lowest BCUT2D eigenvalue weighted by Gasteiger charge is -2.36. The van der Waals surface area contributed by atoms with Gasteiger partial charge in [-0.25, -0.2) is 0 Å². The third kappa shape index (κ3) is 4.93. The molecule has 0 aromatic heterocycles. The molecule has 0 unspecified atom stereocenters. The number of carbonyl (C=O) groups excluding carboxylic acids is 1. The number of nitrogens with zero attached hydrogens (tertiary/aromatic N) is 1. The molecule has 0 aliphatic carbocycles. The van der Waals surface area contributed by atoms with Gasteiger partial charge in [0.1, 0.15) is 0 Å². The van der Waals surface area contributed by atoms with Gasteiger partial charge in [0.15, 0.2) is 6.04 Å². The molecular formula is C24H34N3O+. The number of aryl methyl sites for hydroxylation is 1. The zero-order valence-corrected chi connectivity index (χ0v) is 17.4. The second-order valence-electron chi connectivity index (χ2n) is 7.91. The molecule has 3 rings (SSSR count). The first-order valence-electron chi connectivity index (χ1n) is 10.6. The normalized spacial score (nSPS) is 17.2. The lowest BCUT2D eigenvalue weighted by Crippen LogP contribution is -3.19. The SMILES string of the molecule is CC[C@H](CNC(=O)[C@H](C)[NH+]1CCN(c2ccccc2C)CC1)c1ccccc1. The molecule has 4 nitrogen and oxygen atoms in total. The molecular weight excluding hydrogens is 346 g/mol. The van der Waals surface area contributed by atoms with E-state index in [4.69, 9.17) is 0 Å². The maximum atomic E-state index is 12.8. The van der Waals surface area contributed by atoms with Crippen LogP contribution in [0.25, 0.3) is 0 Å². The molecule has 2 N–H and O–H groups in total. The van der Waals surface area contributed by atoms with Crippen LogP contribution in [0.15, 0.2) is 54.6 Å². The highest BCUT2D eigenvalue weighted by Crippen LogP contribution is 2.19. The van der Waals surface area contributed by atoms with Crippen molar-refractivity contribution in [1.29, 1.82) is 0 Å². The van der Waals surface area contributed by atoms with Gasteiger partial charge in [0, 0.05) is 18.2 Å². The van der Waals surface area contributed by atoms with Crippen molar-refractivity contribution in [3.05, 3.63) is 65.7 Å². The second-order valence-corrected chi connectivity index (χ2v) is 7.91. The number of amides is 1. The largest absolute Gasteiger partial charge is 0.360 e. The minimum atomic E-state index is -0.00713. The fraction of sp³-hybridized carbons (Fsp3) is 0.458. The first kappa shape index (κ1) is 20.4. The van der Waals surface area contributed by atoms with Crippen LogP contribution < -0.4 is 15.1 Å². The predicted octanol–water partition coefficient (Wildman–Crippen LogP) is 2.40. The first-order valence-corrected chi connectivity index (χ1v) is 10.6. The standard InChI is InChI=1S/C24H33N3O/c1-4-21(22-11-6-5-7-12-22)18-25-24(28)20(3)26-14-16-27(17-15-26)23-13-9-8-10-19(23)2/h5-13,20-21H,4,14-18H2,1-3H3,(H,25,28)/p+1/t20-,21+/m0/s1. The molecule has 1 aliphatic rings. The number of hydrogen-bond donors (Lipinski definition) is 2. The van der Waals surface area contributed by atoms with E-state index in [1.807, 2.05) is 6.07 Å². The van der Waals surface area contributed by atoms with E-state index in [9.17, 15) is 4.79 Å². The van der Waals surface area contributed by atoms with E-state index in [-0.39, 0.29) is 11.9 Å². The first-order chi connectivity index (χ1) is 13.6. The minimum absolute atomic E-state index is 0.00713. The summed E-state index contributed by atoms with van der Waals surface area (Å²) in [7, 11) is 0. The molecule has 0 radical (unpaired) electrons. The van der Waals surface area contributed by atoms with Crippen LogP contribution in [0.3, 0.4) is 0 Å². The third-order valence-electron chi connectivity index (χ3n) is 6.15. The number of hydrogen-bond acceptors (Lipinski definition) is 2. The summed E-state index contributed by atoms with van der Waals surface area (Å²) in [4.78, 5) is 16.6. The Morgan fingerprint density at radius 2 is 1.71 bits per heavy atom. The zero-order valence-electron chi connectivity index (χ0n) is 17.4. The highest BCUT2D eigenvalue weighted by atomic mass is 16.2. The highest BCUT2D eigenvalue weighted by Gasteiger charge is 2.29. The second kappa shape index (κ2) is 9.74. The number of benzene rings is 2. The quantitative estimate of drug-likeness (QED) is 0.774. The summed E-state index contributed by atoms with van der Waals surface area (Å²) in [5.41, 5.74) is 3.95. The van der Waals surface area contributed by atoms with Gasteiger partial charge in [-0.15, -0.1) is 0 Å². The van der Waals surface area contributed by atoms with Gasteiger partial charge in [-0.3, -0.25) is 4.79 Å². The van der Waals surface area contributed by atoms with Crippen LogP contribution in [0.4, 0.5) is 5.69 Å². The van der Waals surface area contributed by atoms with Gasteiger partial charge in [-0.2, -0.15) is 0 Å². The van der Waals surface area contributed by atoms with E-state index >= 15 is 0 Å². The van der Waals surface area contributed by atoms with E-state index in [1.54, 1.807) is 0 Å². The summed E-state index contributed by atoms with van der Waals surface area (Å²) in [5, 5.41) is 3.21. The summed E-state index contributed by atoms with van der Waals surface area (Å²) in [6.07, 6.45) is 1.03. The topological polar surface area (TPSA) is 36.8 Å². The molecule has 1 heterocycles. The van der Waals surface area contributed by atoms with Crippen molar-refractivity contribution in [2.24, 2.45) is 0 Å². The average Bonchev–Trinajstić information content (AvgIpc) is 2.75. The van der Waals surface area contributed by atoms with Crippen LogP contribution in [-0.2, 0) is 4.79 Å². The molecule has 28 heavy (non-hydrogen) atoms. The summed E-state index contributed by atoms with van der Waals surface area (Å²) in [5.74, 6) is 0.555. The molecule has 1 aliphatic heterocycles. The van der Waals surface area contributed by atoms with Gasteiger partial charge < -0.3 is 15.1 Å². The van der Waals surface area contributed by atoms with Gasteiger partial charge >= 0.3 is 0 Å². The number of rotatable bonds is 7. The fourth-order valence-electron chi connectivity index (χ4n) is 4.17. The Labute approximate surface area is 169 Å². The maximum Gasteiger partial charge on any atom is 0.278 e. The van der Waals surface area contributed by atoms with E-state index in [2.05, 4.69) is 79.5 Å². The van der Waals surface area contributed by atoms with E-state index in [1.165, 1.54) is 21.7 Å². The monoisotopic (exact) mass is 380 g/mol. The third-order valence-corrected chi connectivity index (χ3v) is 6.15. The Bertz CT molecular complexity index is 753. The van der Waals surface area contributed by atoms with Crippen molar-refractivity contribution in [1.82, 2.24) is 5.32 Å². The molecule has 1 saturated heterocycles. The van der Waals surface area contributed by atoms with Gasteiger partial charge in [-0.05, 0) is 37.5 Å². The van der Waals surface area contributed by atoms with Crippen LogP contribution in [0, 0.1) is 6.92 Å². The van der Waals surface area contributed by atoms with Crippen LogP contribution in [-0.4, -0.2) is 44.7 Å². The fourth-order valence-corrected chi connectivity index (χ4v) is 4.17. The van der Waals surface area contributed by atoms with Gasteiger partial charge in [0.2, 0.25) is 0 Å². The lowest BCUT2D eigenvalue weighted by atomic mass is 9.96. The Kier molecular flexibility index (Phi) is 7.10. The van der Waals surface area contributed by atoms with Crippen molar-refractivity contribution in [3.8, 4) is 0 Å². The van der Waals surface area contributed by atoms with E-state index in [0.717, 1.165) is 32.6 Å². The molecule has 1 amide bonds. The summed E-state index contributed by atoms with van der Waals surface area (Å²) >= 11 is 0. The van der Waals surface area contributed by atoms with Gasteiger partial charge in [-0.1, -0.05) is 55.5 Å². The van der Waals surface area contributed by atoms with Crippen molar-refractivity contribution in [2.45, 2.75) is 39.2 Å². The van der Waals surface area contributed by atoms with Crippen molar-refractivity contribution in [2.75, 3.05) is 37.6 Å². The van der Waals surface area contributed by atoms with E-state index in [0.29, 0.717) is 12.5 Å². The Balaban J connectivity index is 1.50. The van der Waals surface area contributed by atoms with E-state index < -0.39 is 0 Å². The Morgan fingerprint density at radius 3 is 2.36 bits per heavy atom. The summed E-state index contributed by atoms with van der Waals surface area (Å²) in [6, 6.07) is 19.0. The van der Waals surface area contributed by atoms with Gasteiger partial charge in [0.05, 0.1) is 26.2 Å². The smallest absolute Gasteiger partial charge is 0.278 e. The number of anilines is 1. The molecule has 2 aromatic carbocycles. The number of para-hydroxylation sites is 1. The van der Waals surface area contributed by atoms with Crippen LogP contribution in [0.5, 0.6) is 0 Å². The predicted molar refractivity (Wildman–Crippen MR) is 116 cm³/mol. The molecule has 150 valence electrons. The Hall–Kier alpha value is -2.33. The van der Waals surface area contributed by atoms with Crippen molar-refractivity contribution in [3.63, 3.8) is 0 Å². The maximum absolute atomic E-state index is 12.8. The van der Waals surface area contributed by atoms with Gasteiger partial charge in [0.25, 0.3) is 5.91 Å². The summed E-state index contributed by atoms with van der Waals surface area (Å²) < 4.78 is 0. The molecule has 4 heteroatoms. The molecule has 0 spiro atoms. The zero-order chi connectivity index (χ0) is 19.9. The number of piperazine rings is 1. The van der Waals surface area contributed by atoms with Crippen molar-refractivity contribution < 1.29 is 9.69 Å². The minimum Gasteiger partial charge on any atom is -0.360 e. The highest BCUT2D eigenvalue weighted by molar-refractivity contribution is 5.80. The molecule has 0 saturated carbocycles. The summed E-state index contributed by atoms with van der Waals surface area (Å²) in [6.45, 7) is 11.1. The number of nitrogens with one attached hydrogen (secondary N) is 2. The molecule has 2 atom stereocenters. The average molecular weight is 381 g/mol. The Morgan fingerprint density at radius 1 is 1.07 bits per heavy atom. The number of carbonyl (C=O) groups is 1. The number of quaternary nitrogens is 1. The van der Waals surface area contributed by atoms with Crippen LogP contribution in [0.2, 0.25) is 0 Å². The molecule has 1 fully saturated rings. The molecule has 0 bridgehead atoms. The van der Waals surface area contributed by atoms with Crippen LogP contribution in [0.1, 0.15) is 37.3 Å². The lowest BCUT2D eigenvalue weighted by molar-refractivity contribution is -0.914.